The van der Waals surface area contributed by atoms with Crippen molar-refractivity contribution in [1.82, 2.24) is 0 Å². The van der Waals surface area contributed by atoms with Crippen LogP contribution < -0.4 is 4.43 Å². The molecule has 0 atom stereocenters. The third-order valence-electron chi connectivity index (χ3n) is 2.82. The molecule has 0 unspecified atom stereocenters. The van der Waals surface area contributed by atoms with Crippen LogP contribution in [0.3, 0.4) is 0 Å². The quantitative estimate of drug-likeness (QED) is 0.743. The van der Waals surface area contributed by atoms with Gasteiger partial charge in [-0.3, -0.25) is 0 Å². The maximum Gasteiger partial charge on any atom is 0.328 e. The van der Waals surface area contributed by atoms with E-state index in [9.17, 15) is 4.79 Å². The molecule has 108 valence electrons. The Bertz CT molecular complexity index is 522. The van der Waals surface area contributed by atoms with Crippen molar-refractivity contribution in [2.24, 2.45) is 0 Å². The average Bonchev–Trinajstić information content (AvgIpc) is 2.38. The van der Waals surface area contributed by atoms with Crippen LogP contribution >= 0.6 is 0 Å². The normalized spacial score (nSPS) is 11.6. The molecule has 5 heteroatoms. The lowest BCUT2D eigenvalue weighted by atomic mass is 10.2. The Labute approximate surface area is 123 Å². The zero-order valence-corrected chi connectivity index (χ0v) is 14.6. The molecule has 3 nitrogen and oxygen atoms in total. The minimum absolute atomic E-state index is 0.356. The first kappa shape index (κ1) is 16.5. The topological polar surface area (TPSA) is 35.5 Å². The fourth-order valence-corrected chi connectivity index (χ4v) is 2.88. The Kier molecular flexibility index (Phi) is 5.13. The second kappa shape index (κ2) is 6.24. The van der Waals surface area contributed by atoms with E-state index >= 15 is 0 Å². The standard InChI is InChI=1S/C15H22O3Si2/c1-7-19(3,4)17-14-12-10-9-11-13(14)15(16)18-20(5,6)8-2/h7-12H,1-2H2,3-6H3. The first-order valence-corrected chi connectivity index (χ1v) is 12.5. The number of para-hydroxylation sites is 1. The molecule has 0 heterocycles. The summed E-state index contributed by atoms with van der Waals surface area (Å²) in [5.41, 5.74) is 4.02. The van der Waals surface area contributed by atoms with Crippen molar-refractivity contribution in [3.05, 3.63) is 54.4 Å². The largest absolute Gasteiger partial charge is 0.540 e. The van der Waals surface area contributed by atoms with Gasteiger partial charge in [-0.05, 0) is 38.3 Å². The number of hydrogen-bond acceptors (Lipinski definition) is 3. The highest BCUT2D eigenvalue weighted by Gasteiger charge is 2.27. The highest BCUT2D eigenvalue weighted by atomic mass is 28.4. The van der Waals surface area contributed by atoms with Crippen molar-refractivity contribution in [3.8, 4) is 5.75 Å². The van der Waals surface area contributed by atoms with E-state index in [0.717, 1.165) is 0 Å². The molecule has 0 amide bonds. The van der Waals surface area contributed by atoms with Gasteiger partial charge in [0.15, 0.2) is 0 Å². The third kappa shape index (κ3) is 4.50. The molecule has 0 N–H and O–H groups in total. The van der Waals surface area contributed by atoms with Crippen LogP contribution in [0.1, 0.15) is 10.4 Å². The van der Waals surface area contributed by atoms with Crippen molar-refractivity contribution in [2.45, 2.75) is 26.2 Å². The van der Waals surface area contributed by atoms with Crippen LogP contribution in [-0.4, -0.2) is 22.6 Å². The zero-order chi connectivity index (χ0) is 15.4. The first-order valence-electron chi connectivity index (χ1n) is 6.49. The van der Waals surface area contributed by atoms with E-state index in [1.807, 2.05) is 38.0 Å². The number of benzene rings is 1. The summed E-state index contributed by atoms with van der Waals surface area (Å²) in [7, 11) is -4.18. The molecule has 0 bridgehead atoms. The lowest BCUT2D eigenvalue weighted by Crippen LogP contribution is -2.34. The summed E-state index contributed by atoms with van der Waals surface area (Å²) in [6, 6.07) is 7.15. The van der Waals surface area contributed by atoms with E-state index in [2.05, 4.69) is 13.2 Å². The molecule has 0 aromatic heterocycles. The van der Waals surface area contributed by atoms with E-state index in [4.69, 9.17) is 8.85 Å². The molecule has 0 spiro atoms. The molecule has 0 aliphatic heterocycles. The lowest BCUT2D eigenvalue weighted by molar-refractivity contribution is 0.0725. The Balaban J connectivity index is 3.04. The van der Waals surface area contributed by atoms with Gasteiger partial charge in [-0.2, -0.15) is 0 Å². The van der Waals surface area contributed by atoms with Gasteiger partial charge < -0.3 is 8.85 Å². The van der Waals surface area contributed by atoms with Gasteiger partial charge in [-0.15, -0.1) is 13.2 Å². The maximum absolute atomic E-state index is 12.3. The van der Waals surface area contributed by atoms with Crippen LogP contribution in [-0.2, 0) is 4.43 Å². The summed E-state index contributed by atoms with van der Waals surface area (Å²) in [6.45, 7) is 15.4. The number of rotatable bonds is 6. The van der Waals surface area contributed by atoms with Crippen LogP contribution in [0.5, 0.6) is 5.75 Å². The predicted molar refractivity (Wildman–Crippen MR) is 87.8 cm³/mol. The molecular formula is C15H22O3Si2. The van der Waals surface area contributed by atoms with Gasteiger partial charge in [-0.25, -0.2) is 4.79 Å². The molecule has 0 saturated heterocycles. The Morgan fingerprint density at radius 1 is 1.05 bits per heavy atom. The lowest BCUT2D eigenvalue weighted by Gasteiger charge is -2.23. The van der Waals surface area contributed by atoms with Gasteiger partial charge in [0.1, 0.15) is 5.75 Å². The molecule has 0 fully saturated rings. The minimum atomic E-state index is -2.16. The summed E-state index contributed by atoms with van der Waals surface area (Å²) in [6.07, 6.45) is 0. The van der Waals surface area contributed by atoms with Crippen LogP contribution in [0, 0.1) is 0 Å². The summed E-state index contributed by atoms with van der Waals surface area (Å²) in [4.78, 5) is 12.3. The summed E-state index contributed by atoms with van der Waals surface area (Å²) in [5.74, 6) is 0.203. The van der Waals surface area contributed by atoms with E-state index < -0.39 is 16.6 Å². The van der Waals surface area contributed by atoms with E-state index in [1.165, 1.54) is 0 Å². The van der Waals surface area contributed by atoms with Gasteiger partial charge >= 0.3 is 5.97 Å². The Hall–Kier alpha value is -1.60. The smallest absolute Gasteiger partial charge is 0.328 e. The van der Waals surface area contributed by atoms with Crippen molar-refractivity contribution >= 4 is 22.6 Å². The van der Waals surface area contributed by atoms with Gasteiger partial charge in [0.05, 0.1) is 5.56 Å². The average molecular weight is 307 g/mol. The van der Waals surface area contributed by atoms with Crippen molar-refractivity contribution in [2.75, 3.05) is 0 Å². The molecule has 20 heavy (non-hydrogen) atoms. The number of hydrogen-bond donors (Lipinski definition) is 0. The fourth-order valence-electron chi connectivity index (χ4n) is 1.38. The van der Waals surface area contributed by atoms with Gasteiger partial charge in [0.2, 0.25) is 0 Å². The highest BCUT2D eigenvalue weighted by Crippen LogP contribution is 2.24. The second-order valence-electron chi connectivity index (χ2n) is 5.60. The molecule has 0 aliphatic rings. The molecule has 0 aliphatic carbocycles. The zero-order valence-electron chi connectivity index (χ0n) is 12.6. The minimum Gasteiger partial charge on any atom is -0.540 e. The second-order valence-corrected chi connectivity index (χ2v) is 13.2. The van der Waals surface area contributed by atoms with Crippen molar-refractivity contribution in [1.29, 1.82) is 0 Å². The van der Waals surface area contributed by atoms with Crippen LogP contribution in [0.25, 0.3) is 0 Å². The van der Waals surface area contributed by atoms with Crippen LogP contribution in [0.2, 0.25) is 26.2 Å². The van der Waals surface area contributed by atoms with Crippen LogP contribution in [0.15, 0.2) is 48.8 Å². The molecule has 1 aromatic rings. The SMILES string of the molecule is C=C[Si](C)(C)OC(=O)c1ccccc1O[Si](C)(C)C=C. The van der Waals surface area contributed by atoms with Gasteiger partial charge in [0.25, 0.3) is 16.6 Å². The molecule has 0 radical (unpaired) electrons. The van der Waals surface area contributed by atoms with Crippen molar-refractivity contribution in [3.63, 3.8) is 0 Å². The number of carbonyl (C=O) groups is 1. The molecule has 1 aromatic carbocycles. The van der Waals surface area contributed by atoms with Gasteiger partial charge in [0, 0.05) is 0 Å². The molecular weight excluding hydrogens is 284 g/mol. The molecule has 1 rings (SSSR count). The van der Waals surface area contributed by atoms with E-state index in [1.54, 1.807) is 23.9 Å². The summed E-state index contributed by atoms with van der Waals surface area (Å²) in [5, 5.41) is 0. The summed E-state index contributed by atoms with van der Waals surface area (Å²) >= 11 is 0. The van der Waals surface area contributed by atoms with Gasteiger partial charge in [-0.1, -0.05) is 23.5 Å². The fraction of sp³-hybridized carbons (Fsp3) is 0.267. The highest BCUT2D eigenvalue weighted by molar-refractivity contribution is 6.77. The monoisotopic (exact) mass is 306 g/mol. The molecule has 0 saturated carbocycles. The predicted octanol–water partition coefficient (Wildman–Crippen LogP) is 4.08. The van der Waals surface area contributed by atoms with E-state index in [0.29, 0.717) is 11.3 Å². The number of carbonyl (C=O) groups excluding carboxylic acids is 1. The maximum atomic E-state index is 12.3. The Morgan fingerprint density at radius 3 is 2.15 bits per heavy atom. The van der Waals surface area contributed by atoms with Crippen LogP contribution in [0.4, 0.5) is 0 Å². The van der Waals surface area contributed by atoms with E-state index in [-0.39, 0.29) is 5.97 Å². The summed E-state index contributed by atoms with van der Waals surface area (Å²) < 4.78 is 11.5. The first-order chi connectivity index (χ1) is 9.21. The third-order valence-corrected chi connectivity index (χ3v) is 6.24. The van der Waals surface area contributed by atoms with Crippen molar-refractivity contribution < 1.29 is 13.6 Å². The Morgan fingerprint density at radius 2 is 1.60 bits per heavy atom.